The molecule has 1 aliphatic carbocycles. The maximum absolute atomic E-state index is 14.6. The smallest absolute Gasteiger partial charge is 0.248 e. The molecule has 1 aromatic heterocycles. The van der Waals surface area contributed by atoms with E-state index in [9.17, 15) is 9.59 Å². The summed E-state index contributed by atoms with van der Waals surface area (Å²) in [6.45, 7) is 1.97. The van der Waals surface area contributed by atoms with E-state index in [4.69, 9.17) is 14.2 Å². The van der Waals surface area contributed by atoms with Crippen LogP contribution in [-0.4, -0.2) is 59.1 Å². The largest absolute Gasteiger partial charge is 0.493 e. The second-order valence-electron chi connectivity index (χ2n) is 10.9. The molecule has 0 aliphatic heterocycles. The van der Waals surface area contributed by atoms with Gasteiger partial charge in [-0.05, 0) is 55.2 Å². The van der Waals surface area contributed by atoms with Crippen molar-refractivity contribution in [3.05, 3.63) is 77.9 Å². The topological polar surface area (TPSA) is 108 Å². The average molecular weight is 586 g/mol. The molecule has 2 atom stereocenters. The van der Waals surface area contributed by atoms with Crippen LogP contribution in [0.4, 0.5) is 0 Å². The Kier molecular flexibility index (Phi) is 9.44. The number of aromatic nitrogens is 3. The van der Waals surface area contributed by atoms with Gasteiger partial charge in [-0.15, -0.1) is 5.10 Å². The van der Waals surface area contributed by atoms with Crippen LogP contribution >= 0.6 is 0 Å². The molecular formula is C33H39N5O5. The van der Waals surface area contributed by atoms with E-state index in [-0.39, 0.29) is 24.4 Å². The van der Waals surface area contributed by atoms with Gasteiger partial charge in [0.05, 0.1) is 26.8 Å². The first-order chi connectivity index (χ1) is 20.9. The number of rotatable bonds is 11. The van der Waals surface area contributed by atoms with Crippen molar-refractivity contribution in [1.29, 1.82) is 0 Å². The standard InChI is InChI=1S/C33H39N5O5/c1-22(38-27-18-12-11-17-26(27)35-36-38)33(40)37(21-23-13-7-5-8-14-23)30(32(39)34-25-15-9-6-10-16-25)24-19-28(41-2)31(43-4)29(20-24)42-3/h5,7-8,11-14,17-20,22,25,30H,6,9-10,15-16,21H2,1-4H3,(H,34,39). The quantitative estimate of drug-likeness (QED) is 0.257. The van der Waals surface area contributed by atoms with Gasteiger partial charge in [0.15, 0.2) is 11.5 Å². The summed E-state index contributed by atoms with van der Waals surface area (Å²) in [6.07, 6.45) is 5.08. The first-order valence-electron chi connectivity index (χ1n) is 14.7. The zero-order valence-electron chi connectivity index (χ0n) is 25.2. The van der Waals surface area contributed by atoms with Crippen LogP contribution in [0.25, 0.3) is 11.0 Å². The minimum Gasteiger partial charge on any atom is -0.493 e. The van der Waals surface area contributed by atoms with Crippen molar-refractivity contribution in [1.82, 2.24) is 25.2 Å². The summed E-state index contributed by atoms with van der Waals surface area (Å²) in [5, 5.41) is 11.8. The molecule has 1 N–H and O–H groups in total. The number of fused-ring (bicyclic) bond motifs is 1. The van der Waals surface area contributed by atoms with E-state index in [0.29, 0.717) is 28.3 Å². The zero-order valence-corrected chi connectivity index (χ0v) is 25.2. The highest BCUT2D eigenvalue weighted by Gasteiger charge is 2.37. The van der Waals surface area contributed by atoms with Gasteiger partial charge >= 0.3 is 0 Å². The van der Waals surface area contributed by atoms with Crippen molar-refractivity contribution in [2.45, 2.75) is 63.7 Å². The molecule has 1 saturated carbocycles. The molecule has 2 amide bonds. The third kappa shape index (κ3) is 6.43. The number of nitrogens with one attached hydrogen (secondary N) is 1. The van der Waals surface area contributed by atoms with Crippen molar-refractivity contribution < 1.29 is 23.8 Å². The summed E-state index contributed by atoms with van der Waals surface area (Å²) in [4.78, 5) is 30.6. The van der Waals surface area contributed by atoms with Crippen LogP contribution in [0.5, 0.6) is 17.2 Å². The number of nitrogens with zero attached hydrogens (tertiary/aromatic N) is 4. The predicted octanol–water partition coefficient (Wildman–Crippen LogP) is 5.24. The Balaban J connectivity index is 1.63. The molecule has 0 spiro atoms. The van der Waals surface area contributed by atoms with E-state index in [1.54, 1.807) is 28.6 Å². The molecule has 10 heteroatoms. The summed E-state index contributed by atoms with van der Waals surface area (Å²) in [5.74, 6) is 0.659. The second-order valence-corrected chi connectivity index (χ2v) is 10.9. The molecule has 2 unspecified atom stereocenters. The second kappa shape index (κ2) is 13.6. The molecule has 4 aromatic rings. The minimum atomic E-state index is -0.999. The fraction of sp³-hybridized carbons (Fsp3) is 0.394. The van der Waals surface area contributed by atoms with Crippen LogP contribution in [0.15, 0.2) is 66.7 Å². The van der Waals surface area contributed by atoms with Gasteiger partial charge in [0.1, 0.15) is 17.6 Å². The first-order valence-corrected chi connectivity index (χ1v) is 14.7. The summed E-state index contributed by atoms with van der Waals surface area (Å²) < 4.78 is 18.5. The van der Waals surface area contributed by atoms with Crippen molar-refractivity contribution in [2.24, 2.45) is 0 Å². The normalized spacial score (nSPS) is 15.0. The Labute approximate surface area is 251 Å². The van der Waals surface area contributed by atoms with E-state index in [1.807, 2.05) is 54.6 Å². The SMILES string of the molecule is COc1cc(C(C(=O)NC2CCCCC2)N(Cc2ccccc2)C(=O)C(C)n2nnc3ccccc32)cc(OC)c1OC. The summed E-state index contributed by atoms with van der Waals surface area (Å²) >= 11 is 0. The Hall–Kier alpha value is -4.60. The Bertz CT molecular complexity index is 1520. The van der Waals surface area contributed by atoms with E-state index in [1.165, 1.54) is 21.3 Å². The molecule has 5 rings (SSSR count). The predicted molar refractivity (Wildman–Crippen MR) is 163 cm³/mol. The van der Waals surface area contributed by atoms with E-state index in [2.05, 4.69) is 15.6 Å². The molecule has 1 heterocycles. The van der Waals surface area contributed by atoms with Gasteiger partial charge in [0.2, 0.25) is 17.6 Å². The number of carbonyl (C=O) groups is 2. The molecule has 0 saturated heterocycles. The molecule has 3 aromatic carbocycles. The Morgan fingerprint density at radius 2 is 1.58 bits per heavy atom. The molecule has 0 bridgehead atoms. The van der Waals surface area contributed by atoms with Gasteiger partial charge in [-0.2, -0.15) is 0 Å². The molecule has 226 valence electrons. The van der Waals surface area contributed by atoms with E-state index >= 15 is 0 Å². The monoisotopic (exact) mass is 585 g/mol. The number of para-hydroxylation sites is 1. The lowest BCUT2D eigenvalue weighted by molar-refractivity contribution is -0.144. The first kappa shape index (κ1) is 29.9. The lowest BCUT2D eigenvalue weighted by Gasteiger charge is -2.35. The molecular weight excluding hydrogens is 546 g/mol. The molecule has 0 radical (unpaired) electrons. The highest BCUT2D eigenvalue weighted by Crippen LogP contribution is 2.41. The Morgan fingerprint density at radius 1 is 0.930 bits per heavy atom. The average Bonchev–Trinajstić information content (AvgIpc) is 3.48. The number of carbonyl (C=O) groups excluding carboxylic acids is 2. The van der Waals surface area contributed by atoms with E-state index in [0.717, 1.165) is 43.2 Å². The van der Waals surface area contributed by atoms with Crippen molar-refractivity contribution >= 4 is 22.8 Å². The van der Waals surface area contributed by atoms with Gasteiger partial charge in [0.25, 0.3) is 0 Å². The highest BCUT2D eigenvalue weighted by molar-refractivity contribution is 5.91. The van der Waals surface area contributed by atoms with Crippen LogP contribution in [0.3, 0.4) is 0 Å². The highest BCUT2D eigenvalue weighted by atomic mass is 16.5. The van der Waals surface area contributed by atoms with Crippen LogP contribution in [0.2, 0.25) is 0 Å². The zero-order chi connectivity index (χ0) is 30.3. The van der Waals surface area contributed by atoms with Crippen LogP contribution < -0.4 is 19.5 Å². The maximum Gasteiger partial charge on any atom is 0.248 e. The summed E-state index contributed by atoms with van der Waals surface area (Å²) in [7, 11) is 4.59. The maximum atomic E-state index is 14.6. The van der Waals surface area contributed by atoms with Gasteiger partial charge in [-0.1, -0.05) is 66.9 Å². The fourth-order valence-corrected chi connectivity index (χ4v) is 5.85. The van der Waals surface area contributed by atoms with Gasteiger partial charge < -0.3 is 24.4 Å². The minimum absolute atomic E-state index is 0.0381. The lowest BCUT2D eigenvalue weighted by Crippen LogP contribution is -2.48. The third-order valence-corrected chi connectivity index (χ3v) is 8.09. The van der Waals surface area contributed by atoms with Crippen molar-refractivity contribution in [3.63, 3.8) is 0 Å². The van der Waals surface area contributed by atoms with Gasteiger partial charge in [-0.3, -0.25) is 9.59 Å². The molecule has 43 heavy (non-hydrogen) atoms. The number of hydrogen-bond donors (Lipinski definition) is 1. The van der Waals surface area contributed by atoms with Crippen molar-refractivity contribution in [2.75, 3.05) is 21.3 Å². The number of amides is 2. The fourth-order valence-electron chi connectivity index (χ4n) is 5.85. The van der Waals surface area contributed by atoms with Gasteiger partial charge in [0, 0.05) is 12.6 Å². The Morgan fingerprint density at radius 3 is 2.23 bits per heavy atom. The number of ether oxygens (including phenoxy) is 3. The number of hydrogen-bond acceptors (Lipinski definition) is 7. The summed E-state index contributed by atoms with van der Waals surface area (Å²) in [6, 6.07) is 18.9. The molecule has 10 nitrogen and oxygen atoms in total. The number of benzene rings is 3. The van der Waals surface area contributed by atoms with Crippen LogP contribution in [-0.2, 0) is 16.1 Å². The third-order valence-electron chi connectivity index (χ3n) is 8.09. The summed E-state index contributed by atoms with van der Waals surface area (Å²) in [5.41, 5.74) is 2.85. The van der Waals surface area contributed by atoms with Gasteiger partial charge in [-0.25, -0.2) is 4.68 Å². The number of methoxy groups -OCH3 is 3. The van der Waals surface area contributed by atoms with Crippen LogP contribution in [0, 0.1) is 0 Å². The lowest BCUT2D eigenvalue weighted by atomic mass is 9.94. The van der Waals surface area contributed by atoms with E-state index < -0.39 is 12.1 Å². The molecule has 1 aliphatic rings. The van der Waals surface area contributed by atoms with Crippen molar-refractivity contribution in [3.8, 4) is 17.2 Å². The molecule has 1 fully saturated rings. The van der Waals surface area contributed by atoms with Crippen LogP contribution in [0.1, 0.15) is 62.2 Å².